The minimum atomic E-state index is -4.84. The Hall–Kier alpha value is -4.23. The number of amides is 3. The maximum Gasteiger partial charge on any atom is 0.427 e. The first-order valence-electron chi connectivity index (χ1n) is 17.8. The predicted octanol–water partition coefficient (Wildman–Crippen LogP) is 6.33. The van der Waals surface area contributed by atoms with Crippen LogP contribution in [0.15, 0.2) is 36.5 Å². The van der Waals surface area contributed by atoms with Crippen molar-refractivity contribution in [3.63, 3.8) is 0 Å². The molecule has 1 aliphatic carbocycles. The normalized spacial score (nSPS) is 28.0. The highest BCUT2D eigenvalue weighted by Crippen LogP contribution is 2.38. The van der Waals surface area contributed by atoms with E-state index >= 15 is 0 Å². The number of ether oxygens (including phenoxy) is 4. The van der Waals surface area contributed by atoms with E-state index in [0.29, 0.717) is 41.7 Å². The summed E-state index contributed by atoms with van der Waals surface area (Å²) in [4.78, 5) is 47.5. The van der Waals surface area contributed by atoms with Crippen LogP contribution in [0, 0.1) is 17.8 Å². The summed E-state index contributed by atoms with van der Waals surface area (Å²) in [7, 11) is 1.56. The molecule has 14 heteroatoms. The molecular weight excluding hydrogens is 669 g/mol. The number of rotatable bonds is 8. The highest BCUT2D eigenvalue weighted by Gasteiger charge is 2.52. The second-order valence-electron chi connectivity index (χ2n) is 14.3. The molecule has 1 aromatic carbocycles. The number of halogens is 3. The average Bonchev–Trinajstić information content (AvgIpc) is 3.67. The first kappa shape index (κ1) is 38.0. The molecule has 3 aliphatic rings. The van der Waals surface area contributed by atoms with Gasteiger partial charge in [0.2, 0.25) is 23.3 Å². The molecule has 0 radical (unpaired) electrons. The van der Waals surface area contributed by atoms with Crippen LogP contribution in [-0.4, -0.2) is 84.1 Å². The molecular formula is C37H49F3N4O7. The van der Waals surface area contributed by atoms with Gasteiger partial charge in [0, 0.05) is 23.2 Å². The fourth-order valence-corrected chi connectivity index (χ4v) is 6.90. The van der Waals surface area contributed by atoms with Crippen LogP contribution in [0.3, 0.4) is 0 Å². The lowest BCUT2D eigenvalue weighted by atomic mass is 9.85. The molecule has 51 heavy (non-hydrogen) atoms. The lowest BCUT2D eigenvalue weighted by Crippen LogP contribution is -2.57. The summed E-state index contributed by atoms with van der Waals surface area (Å²) >= 11 is 0. The number of alkyl carbamates (subject to hydrolysis) is 1. The van der Waals surface area contributed by atoms with Crippen molar-refractivity contribution in [2.45, 2.75) is 109 Å². The van der Waals surface area contributed by atoms with Crippen molar-refractivity contribution < 1.29 is 46.5 Å². The number of fused-ring (bicyclic) bond motifs is 3. The van der Waals surface area contributed by atoms with Gasteiger partial charge in [0.15, 0.2) is 0 Å². The van der Waals surface area contributed by atoms with Crippen molar-refractivity contribution in [1.29, 1.82) is 0 Å². The van der Waals surface area contributed by atoms with E-state index in [-0.39, 0.29) is 42.6 Å². The van der Waals surface area contributed by atoms with E-state index in [0.717, 1.165) is 33.1 Å². The molecule has 2 fully saturated rings. The van der Waals surface area contributed by atoms with Crippen molar-refractivity contribution in [1.82, 2.24) is 20.5 Å². The van der Waals surface area contributed by atoms with Crippen molar-refractivity contribution in [2.24, 2.45) is 17.8 Å². The molecule has 1 saturated carbocycles. The summed E-state index contributed by atoms with van der Waals surface area (Å²) in [5, 5.41) is 6.93. The van der Waals surface area contributed by atoms with E-state index in [4.69, 9.17) is 18.9 Å². The fraction of sp³-hybridized carbons (Fsp3) is 0.622. The predicted molar refractivity (Wildman–Crippen MR) is 184 cm³/mol. The van der Waals surface area contributed by atoms with Crippen LogP contribution in [0.2, 0.25) is 0 Å². The molecule has 2 aromatic rings. The quantitative estimate of drug-likeness (QED) is 0.303. The second kappa shape index (κ2) is 15.6. The maximum absolute atomic E-state index is 14.6. The second-order valence-corrected chi connectivity index (χ2v) is 14.3. The third kappa shape index (κ3) is 8.81. The number of allylic oxidation sites excluding steroid dienone is 1. The van der Waals surface area contributed by atoms with Gasteiger partial charge in [0.05, 0.1) is 26.5 Å². The third-order valence-corrected chi connectivity index (χ3v) is 10.1. The molecule has 0 unspecified atom stereocenters. The minimum absolute atomic E-state index is 0.0231. The zero-order chi connectivity index (χ0) is 37.1. The number of methoxy groups -OCH3 is 1. The van der Waals surface area contributed by atoms with Crippen LogP contribution in [0.5, 0.6) is 17.4 Å². The number of nitrogens with zero attached hydrogens (tertiary/aromatic N) is 2. The molecule has 1 saturated heterocycles. The van der Waals surface area contributed by atoms with Crippen LogP contribution in [0.4, 0.5) is 18.0 Å². The number of benzene rings is 1. The van der Waals surface area contributed by atoms with Gasteiger partial charge < -0.3 is 34.5 Å². The summed E-state index contributed by atoms with van der Waals surface area (Å²) in [5.41, 5.74) is -2.80. The summed E-state index contributed by atoms with van der Waals surface area (Å²) in [6, 6.07) is 3.09. The molecule has 0 bridgehead atoms. The smallest absolute Gasteiger partial charge is 0.427 e. The largest absolute Gasteiger partial charge is 0.497 e. The Labute approximate surface area is 296 Å². The van der Waals surface area contributed by atoms with Crippen molar-refractivity contribution in [2.75, 3.05) is 20.3 Å². The molecule has 3 heterocycles. The fourth-order valence-electron chi connectivity index (χ4n) is 6.90. The third-order valence-electron chi connectivity index (χ3n) is 10.1. The monoisotopic (exact) mass is 718 g/mol. The number of alkyl halides is 3. The number of nitrogens with one attached hydrogen (secondary N) is 2. The molecule has 0 spiro atoms. The summed E-state index contributed by atoms with van der Waals surface area (Å²) in [6.45, 7) is 7.67. The van der Waals surface area contributed by atoms with Gasteiger partial charge in [-0.25, -0.2) is 9.78 Å². The molecule has 11 nitrogen and oxygen atoms in total. The first-order chi connectivity index (χ1) is 24.1. The topological polar surface area (TPSA) is 128 Å². The molecule has 1 aromatic heterocycles. The number of pyridine rings is 1. The molecule has 2 aliphatic heterocycles. The first-order valence-corrected chi connectivity index (χ1v) is 17.8. The minimum Gasteiger partial charge on any atom is -0.497 e. The summed E-state index contributed by atoms with van der Waals surface area (Å²) in [6.07, 6.45) is 2.41. The van der Waals surface area contributed by atoms with Gasteiger partial charge in [-0.15, -0.1) is 0 Å². The Morgan fingerprint density at radius 1 is 1.12 bits per heavy atom. The van der Waals surface area contributed by atoms with Gasteiger partial charge >= 0.3 is 12.3 Å². The Balaban J connectivity index is 1.48. The Morgan fingerprint density at radius 3 is 2.57 bits per heavy atom. The average molecular weight is 719 g/mol. The highest BCUT2D eigenvalue weighted by atomic mass is 19.4. The molecule has 3 amide bonds. The van der Waals surface area contributed by atoms with E-state index in [1.165, 1.54) is 4.90 Å². The molecule has 5 rings (SSSR count). The van der Waals surface area contributed by atoms with E-state index in [9.17, 15) is 27.6 Å². The molecule has 280 valence electrons. The van der Waals surface area contributed by atoms with Gasteiger partial charge in [0.25, 0.3) is 0 Å². The van der Waals surface area contributed by atoms with Crippen molar-refractivity contribution >= 4 is 28.7 Å². The van der Waals surface area contributed by atoms with Gasteiger partial charge in [-0.1, -0.05) is 32.4 Å². The lowest BCUT2D eigenvalue weighted by Gasteiger charge is -2.34. The van der Waals surface area contributed by atoms with Crippen molar-refractivity contribution in [3.8, 4) is 17.4 Å². The van der Waals surface area contributed by atoms with E-state index in [1.807, 2.05) is 19.9 Å². The number of carbonyl (C=O) groups excluding carboxylic acids is 3. The van der Waals surface area contributed by atoms with Crippen LogP contribution >= 0.6 is 0 Å². The number of carbonyl (C=O) groups is 3. The molecule has 7 atom stereocenters. The van der Waals surface area contributed by atoms with E-state index in [1.54, 1.807) is 25.4 Å². The van der Waals surface area contributed by atoms with Crippen molar-refractivity contribution in [3.05, 3.63) is 36.5 Å². The summed E-state index contributed by atoms with van der Waals surface area (Å²) < 4.78 is 63.5. The van der Waals surface area contributed by atoms with Gasteiger partial charge in [-0.3, -0.25) is 9.59 Å². The Kier molecular flexibility index (Phi) is 11.6. The zero-order valence-corrected chi connectivity index (χ0v) is 30.0. The van der Waals surface area contributed by atoms with E-state index < -0.39 is 47.9 Å². The lowest BCUT2D eigenvalue weighted by molar-refractivity contribution is -0.244. The SMILES string of the molecule is CCOc1cnc(O[C@@H]2C[C@H]3C(=O)N[C@@H]4C[C@H]4/C=C\CC[C@H](C)C[C@@H](CC)[C@H](NC(=O)OC(C)(C)C(F)(F)F)C(=O)N3C2)c2ccc(OC)cc12. The van der Waals surface area contributed by atoms with E-state index in [2.05, 4.69) is 34.7 Å². The van der Waals surface area contributed by atoms with Crippen LogP contribution < -0.4 is 24.8 Å². The van der Waals surface area contributed by atoms with Crippen LogP contribution in [-0.2, 0) is 14.3 Å². The maximum atomic E-state index is 14.6. The van der Waals surface area contributed by atoms with Gasteiger partial charge in [0.1, 0.15) is 29.7 Å². The summed E-state index contributed by atoms with van der Waals surface area (Å²) in [5.74, 6) is 0.365. The number of hydrogen-bond acceptors (Lipinski definition) is 8. The Morgan fingerprint density at radius 2 is 1.88 bits per heavy atom. The standard InChI is InChI=1S/C37H49F3N4O7/c1-7-22-15-21(3)11-9-10-12-23-16-28(23)42-32(45)29-18-25(20-44(29)34(46)31(22)43-35(47)51-36(4,5)37(38,39)40)50-33-26-14-13-24(48-6)17-27(26)30(19-41-33)49-8-2/h10,12-14,17,19,21-23,25,28-29,31H,7-9,11,15-16,18,20H2,1-6H3,(H,42,45)(H,43,47)/b12-10-/t21-,22+,23+,25+,28+,29-,31-/m0/s1. The highest BCUT2D eigenvalue weighted by molar-refractivity contribution is 5.94. The zero-order valence-electron chi connectivity index (χ0n) is 30.0. The van der Waals surface area contributed by atoms with Crippen LogP contribution in [0.25, 0.3) is 10.8 Å². The Bertz CT molecular complexity index is 1620. The van der Waals surface area contributed by atoms with Gasteiger partial charge in [-0.05, 0) is 82.4 Å². The molecule has 2 N–H and O–H groups in total. The number of aromatic nitrogens is 1. The number of hydrogen-bond donors (Lipinski definition) is 2. The van der Waals surface area contributed by atoms with Gasteiger partial charge in [-0.2, -0.15) is 13.2 Å². The van der Waals surface area contributed by atoms with Crippen LogP contribution in [0.1, 0.15) is 73.1 Å².